The average Bonchev–Trinajstić information content (AvgIpc) is 4.19. The van der Waals surface area contributed by atoms with E-state index in [1.54, 1.807) is 0 Å². The fourth-order valence-corrected chi connectivity index (χ4v) is 16.0. The summed E-state index contributed by atoms with van der Waals surface area (Å²) in [6.07, 6.45) is 0. The van der Waals surface area contributed by atoms with Crippen molar-refractivity contribution in [3.8, 4) is 67.1 Å². The SMILES string of the molecule is O[PH]1(c2ccc(-c3ccccc3)cc2)c2cc(-c3ccc4c(c3)c3ccccc3n4-c3ccccc3)ccc2-c2ccc(-c3ccc4c(c3)c3ccccc3n4-c3ccccc3)cc2N1c1nc(-c2ccccc2)c2ccccc2n1. The van der Waals surface area contributed by atoms with Crippen molar-refractivity contribution in [3.63, 3.8) is 0 Å². The molecule has 0 amide bonds. The Balaban J connectivity index is 0.954. The van der Waals surface area contributed by atoms with E-state index in [0.29, 0.717) is 5.95 Å². The molecule has 382 valence electrons. The number of hydrogen-bond acceptors (Lipinski definition) is 4. The summed E-state index contributed by atoms with van der Waals surface area (Å²) in [5, 5.41) is 7.29. The monoisotopic (exact) mass is 1060 g/mol. The van der Waals surface area contributed by atoms with Crippen LogP contribution in [0.5, 0.6) is 0 Å². The minimum absolute atomic E-state index is 0.430. The van der Waals surface area contributed by atoms with Crippen LogP contribution in [0.3, 0.4) is 0 Å². The van der Waals surface area contributed by atoms with E-state index in [2.05, 4.69) is 281 Å². The molecule has 0 bridgehead atoms. The van der Waals surface area contributed by atoms with Crippen LogP contribution in [0, 0.1) is 0 Å². The van der Waals surface area contributed by atoms with Crippen LogP contribution >= 0.6 is 7.64 Å². The molecule has 0 unspecified atom stereocenters. The molecule has 12 aromatic carbocycles. The molecule has 0 aliphatic carbocycles. The van der Waals surface area contributed by atoms with Crippen molar-refractivity contribution in [2.45, 2.75) is 0 Å². The van der Waals surface area contributed by atoms with Crippen molar-refractivity contribution in [2.75, 3.05) is 4.67 Å². The average molecular weight is 1060 g/mol. The maximum atomic E-state index is 15.0. The van der Waals surface area contributed by atoms with Gasteiger partial charge in [-0.25, -0.2) is 0 Å². The summed E-state index contributed by atoms with van der Waals surface area (Å²) in [4.78, 5) is 26.1. The van der Waals surface area contributed by atoms with Crippen LogP contribution < -0.4 is 15.3 Å². The number of rotatable bonds is 8. The topological polar surface area (TPSA) is 59.1 Å². The standard InChI is InChI=1S/C74H50N5OP/c80-81(58-39-33-50(34-40-58)49-19-5-1-6-20-49)72-48-55(53-38-44-70-65(46-53)60-28-15-18-32-68(60)78(70)57-25-11-4-12-26-57)36-42-62(72)61-41-35-54(52-37-43-69-64(45-52)59-27-14-17-31-67(59)77(69)56-23-9-3-10-24-56)47-71(61)79(81)74-75-66-30-16-13-29-63(66)73(76-74)51-21-7-2-8-22-51/h1-48,80-81H. The number of fused-ring (bicyclic) bond motifs is 10. The second kappa shape index (κ2) is 18.7. The van der Waals surface area contributed by atoms with Crippen LogP contribution in [0.4, 0.5) is 11.6 Å². The van der Waals surface area contributed by atoms with Crippen LogP contribution in [-0.4, -0.2) is 24.0 Å². The molecule has 6 nitrogen and oxygen atoms in total. The summed E-state index contributed by atoms with van der Waals surface area (Å²) in [5.41, 5.74) is 18.5. The first-order valence-corrected chi connectivity index (χ1v) is 29.4. The van der Waals surface area contributed by atoms with E-state index in [1.165, 1.54) is 10.8 Å². The van der Waals surface area contributed by atoms with Crippen molar-refractivity contribution in [3.05, 3.63) is 291 Å². The molecule has 15 aromatic rings. The van der Waals surface area contributed by atoms with E-state index in [1.807, 2.05) is 24.3 Å². The molecule has 1 aliphatic heterocycles. The van der Waals surface area contributed by atoms with Crippen molar-refractivity contribution in [1.82, 2.24) is 19.1 Å². The third-order valence-electron chi connectivity index (χ3n) is 16.5. The summed E-state index contributed by atoms with van der Waals surface area (Å²) in [5.74, 6) is 0.430. The maximum absolute atomic E-state index is 15.0. The molecule has 3 aromatic heterocycles. The zero-order valence-electron chi connectivity index (χ0n) is 43.9. The van der Waals surface area contributed by atoms with Gasteiger partial charge in [-0.1, -0.05) is 6.07 Å². The Morgan fingerprint density at radius 3 is 1.33 bits per heavy atom. The summed E-state index contributed by atoms with van der Waals surface area (Å²) in [7, 11) is -4.23. The quantitative estimate of drug-likeness (QED) is 0.154. The third kappa shape index (κ3) is 7.49. The van der Waals surface area contributed by atoms with E-state index in [4.69, 9.17) is 9.97 Å². The van der Waals surface area contributed by atoms with E-state index in [0.717, 1.165) is 127 Å². The molecule has 7 heteroatoms. The molecule has 0 saturated carbocycles. The molecule has 1 N–H and O–H groups in total. The third-order valence-corrected chi connectivity index (χ3v) is 19.9. The Bertz CT molecular complexity index is 4940. The molecule has 0 atom stereocenters. The van der Waals surface area contributed by atoms with Crippen molar-refractivity contribution >= 4 is 84.4 Å². The van der Waals surface area contributed by atoms with E-state index >= 15 is 0 Å². The molecule has 0 spiro atoms. The molecule has 16 rings (SSSR count). The van der Waals surface area contributed by atoms with E-state index < -0.39 is 7.64 Å². The molecular formula is C74H50N5OP. The van der Waals surface area contributed by atoms with Crippen molar-refractivity contribution in [1.29, 1.82) is 0 Å². The van der Waals surface area contributed by atoms with Crippen LogP contribution in [0.15, 0.2) is 291 Å². The predicted octanol–water partition coefficient (Wildman–Crippen LogP) is 17.8. The van der Waals surface area contributed by atoms with Crippen LogP contribution in [0.1, 0.15) is 0 Å². The van der Waals surface area contributed by atoms with E-state index in [-0.39, 0.29) is 0 Å². The normalized spacial score (nSPS) is 13.2. The van der Waals surface area contributed by atoms with Gasteiger partial charge >= 0.3 is 465 Å². The number of aromatic nitrogens is 4. The van der Waals surface area contributed by atoms with Crippen LogP contribution in [-0.2, 0) is 0 Å². The van der Waals surface area contributed by atoms with Gasteiger partial charge in [0.05, 0.1) is 0 Å². The number of nitrogens with zero attached hydrogens (tertiary/aromatic N) is 5. The summed E-state index contributed by atoms with van der Waals surface area (Å²) < 4.78 is 6.85. The van der Waals surface area contributed by atoms with Gasteiger partial charge in [0.25, 0.3) is 0 Å². The molecule has 0 radical (unpaired) electrons. The second-order valence-corrected chi connectivity index (χ2v) is 23.9. The number of para-hydroxylation sites is 5. The summed E-state index contributed by atoms with van der Waals surface area (Å²) >= 11 is 0. The van der Waals surface area contributed by atoms with Crippen LogP contribution in [0.25, 0.3) is 122 Å². The Morgan fingerprint density at radius 1 is 0.309 bits per heavy atom. The second-order valence-electron chi connectivity index (χ2n) is 21.0. The number of hydrogen-bond donors (Lipinski definition) is 1. The summed E-state index contributed by atoms with van der Waals surface area (Å²) in [6, 6.07) is 103. The number of anilines is 2. The van der Waals surface area contributed by atoms with Gasteiger partial charge in [0, 0.05) is 0 Å². The Kier molecular flexibility index (Phi) is 10.8. The Hall–Kier alpha value is -10.2. The van der Waals surface area contributed by atoms with Crippen molar-refractivity contribution < 1.29 is 4.89 Å². The predicted molar refractivity (Wildman–Crippen MR) is 340 cm³/mol. The number of benzene rings is 12. The van der Waals surface area contributed by atoms with Gasteiger partial charge in [-0.15, -0.1) is 0 Å². The van der Waals surface area contributed by atoms with Gasteiger partial charge in [-0.05, 0) is 0 Å². The first-order chi connectivity index (χ1) is 40.0. The molecule has 81 heavy (non-hydrogen) atoms. The first kappa shape index (κ1) is 46.8. The van der Waals surface area contributed by atoms with E-state index in [9.17, 15) is 4.89 Å². The fourth-order valence-electron chi connectivity index (χ4n) is 12.7. The van der Waals surface area contributed by atoms with Gasteiger partial charge in [0.2, 0.25) is 0 Å². The molecule has 0 saturated heterocycles. The Morgan fingerprint density at radius 2 is 0.741 bits per heavy atom. The van der Waals surface area contributed by atoms with Gasteiger partial charge in [0.1, 0.15) is 0 Å². The zero-order chi connectivity index (χ0) is 53.6. The summed E-state index contributed by atoms with van der Waals surface area (Å²) in [6.45, 7) is 0. The zero-order valence-corrected chi connectivity index (χ0v) is 44.9. The molecule has 4 heterocycles. The first-order valence-electron chi connectivity index (χ1n) is 27.5. The fraction of sp³-hybridized carbons (Fsp3) is 0. The molecular weight excluding hydrogens is 1010 g/mol. The van der Waals surface area contributed by atoms with Gasteiger partial charge in [-0.2, -0.15) is 0 Å². The minimum atomic E-state index is -4.23. The van der Waals surface area contributed by atoms with Crippen LogP contribution in [0.2, 0.25) is 0 Å². The van der Waals surface area contributed by atoms with Crippen molar-refractivity contribution in [2.24, 2.45) is 0 Å². The van der Waals surface area contributed by atoms with Gasteiger partial charge in [0.15, 0.2) is 0 Å². The molecule has 0 fully saturated rings. The Labute approximate surface area is 468 Å². The molecule has 1 aliphatic rings. The van der Waals surface area contributed by atoms with Gasteiger partial charge < -0.3 is 0 Å². The van der Waals surface area contributed by atoms with Gasteiger partial charge in [-0.3, -0.25) is 0 Å².